The van der Waals surface area contributed by atoms with Crippen LogP contribution in [-0.2, 0) is 0 Å². The number of hydrogen-bond acceptors (Lipinski definition) is 3. The molecule has 18 heavy (non-hydrogen) atoms. The van der Waals surface area contributed by atoms with Gasteiger partial charge < -0.3 is 5.11 Å². The Balaban J connectivity index is 2.67. The molecule has 0 unspecified atom stereocenters. The maximum atomic E-state index is 13.6. The largest absolute Gasteiger partial charge is 0.477 e. The lowest BCUT2D eigenvalue weighted by molar-refractivity contribution is 0.0690. The van der Waals surface area contributed by atoms with E-state index in [0.29, 0.717) is 4.47 Å². The molecule has 2 aromatic rings. The first-order valence-electron chi connectivity index (χ1n) is 4.77. The second-order valence-electron chi connectivity index (χ2n) is 3.41. The SMILES string of the molecule is O=C(O)c1cc(-c2cc(Br)ccc2F)nc(=O)[nH]1. The van der Waals surface area contributed by atoms with E-state index in [9.17, 15) is 14.0 Å². The lowest BCUT2D eigenvalue weighted by Gasteiger charge is -2.03. The van der Waals surface area contributed by atoms with Crippen LogP contribution in [0.3, 0.4) is 0 Å². The van der Waals surface area contributed by atoms with Crippen molar-refractivity contribution in [1.29, 1.82) is 0 Å². The van der Waals surface area contributed by atoms with Crippen LogP contribution in [0.2, 0.25) is 0 Å². The number of hydrogen-bond donors (Lipinski definition) is 2. The fraction of sp³-hybridized carbons (Fsp3) is 0. The van der Waals surface area contributed by atoms with E-state index in [1.54, 1.807) is 0 Å². The fourth-order valence-corrected chi connectivity index (χ4v) is 1.77. The van der Waals surface area contributed by atoms with Crippen molar-refractivity contribution < 1.29 is 14.3 Å². The highest BCUT2D eigenvalue weighted by molar-refractivity contribution is 9.10. The summed E-state index contributed by atoms with van der Waals surface area (Å²) in [5.41, 5.74) is -1.17. The van der Waals surface area contributed by atoms with Crippen LogP contribution in [0, 0.1) is 5.82 Å². The first-order valence-corrected chi connectivity index (χ1v) is 5.57. The fourth-order valence-electron chi connectivity index (χ4n) is 1.40. The van der Waals surface area contributed by atoms with Crippen LogP contribution in [0.4, 0.5) is 4.39 Å². The molecule has 0 bridgehead atoms. The van der Waals surface area contributed by atoms with Gasteiger partial charge in [0, 0.05) is 10.0 Å². The highest BCUT2D eigenvalue weighted by atomic mass is 79.9. The van der Waals surface area contributed by atoms with Gasteiger partial charge in [-0.05, 0) is 24.3 Å². The normalized spacial score (nSPS) is 10.3. The summed E-state index contributed by atoms with van der Waals surface area (Å²) in [6, 6.07) is 5.21. The number of H-pyrrole nitrogens is 1. The van der Waals surface area contributed by atoms with Gasteiger partial charge in [0.05, 0.1) is 5.69 Å². The van der Waals surface area contributed by atoms with Gasteiger partial charge in [0.2, 0.25) is 0 Å². The summed E-state index contributed by atoms with van der Waals surface area (Å²) in [4.78, 5) is 27.6. The topological polar surface area (TPSA) is 83.0 Å². The number of aromatic nitrogens is 2. The number of benzene rings is 1. The van der Waals surface area contributed by atoms with E-state index in [1.165, 1.54) is 18.2 Å². The molecule has 1 aromatic carbocycles. The van der Waals surface area contributed by atoms with E-state index in [2.05, 4.69) is 25.9 Å². The zero-order valence-electron chi connectivity index (χ0n) is 8.78. The molecule has 0 aliphatic rings. The number of carbonyl (C=O) groups is 1. The van der Waals surface area contributed by atoms with E-state index >= 15 is 0 Å². The summed E-state index contributed by atoms with van der Waals surface area (Å²) in [7, 11) is 0. The lowest BCUT2D eigenvalue weighted by atomic mass is 10.1. The van der Waals surface area contributed by atoms with Gasteiger partial charge in [0.25, 0.3) is 0 Å². The molecular formula is C11H6BrFN2O3. The van der Waals surface area contributed by atoms with Gasteiger partial charge in [-0.3, -0.25) is 4.98 Å². The van der Waals surface area contributed by atoms with Crippen LogP contribution in [0.15, 0.2) is 33.5 Å². The van der Waals surface area contributed by atoms with Crippen LogP contribution in [0.25, 0.3) is 11.3 Å². The number of rotatable bonds is 2. The van der Waals surface area contributed by atoms with E-state index in [1.807, 2.05) is 0 Å². The summed E-state index contributed by atoms with van der Waals surface area (Å²) in [6.45, 7) is 0. The Kier molecular flexibility index (Phi) is 3.24. The molecular weight excluding hydrogens is 307 g/mol. The number of aromatic carboxylic acids is 1. The Labute approximate surface area is 108 Å². The van der Waals surface area contributed by atoms with E-state index in [0.717, 1.165) is 6.07 Å². The van der Waals surface area contributed by atoms with Crippen molar-refractivity contribution in [3.8, 4) is 11.3 Å². The van der Waals surface area contributed by atoms with Gasteiger partial charge in [-0.15, -0.1) is 0 Å². The third-order valence-corrected chi connectivity index (χ3v) is 2.67. The summed E-state index contributed by atoms with van der Waals surface area (Å²) in [5.74, 6) is -1.90. The van der Waals surface area contributed by atoms with Crippen molar-refractivity contribution in [3.63, 3.8) is 0 Å². The molecule has 1 aromatic heterocycles. The van der Waals surface area contributed by atoms with Crippen molar-refractivity contribution in [2.45, 2.75) is 0 Å². The highest BCUT2D eigenvalue weighted by Gasteiger charge is 2.12. The average molecular weight is 313 g/mol. The Bertz CT molecular complexity index is 684. The molecule has 0 aliphatic heterocycles. The number of carboxylic acid groups (broad SMARTS) is 1. The third-order valence-electron chi connectivity index (χ3n) is 2.18. The van der Waals surface area contributed by atoms with Crippen molar-refractivity contribution in [2.24, 2.45) is 0 Å². The minimum Gasteiger partial charge on any atom is -0.477 e. The first-order chi connectivity index (χ1) is 8.47. The number of carboxylic acids is 1. The van der Waals surface area contributed by atoms with Crippen LogP contribution < -0.4 is 5.69 Å². The zero-order chi connectivity index (χ0) is 13.3. The monoisotopic (exact) mass is 312 g/mol. The zero-order valence-corrected chi connectivity index (χ0v) is 10.4. The second kappa shape index (κ2) is 4.69. The third kappa shape index (κ3) is 2.45. The molecule has 7 heteroatoms. The van der Waals surface area contributed by atoms with Crippen molar-refractivity contribution in [2.75, 3.05) is 0 Å². The summed E-state index contributed by atoms with van der Waals surface area (Å²) in [6.07, 6.45) is 0. The Morgan fingerprint density at radius 1 is 1.39 bits per heavy atom. The molecule has 92 valence electrons. The summed E-state index contributed by atoms with van der Waals surface area (Å²) < 4.78 is 14.2. The van der Waals surface area contributed by atoms with E-state index in [4.69, 9.17) is 5.11 Å². The van der Waals surface area contributed by atoms with Gasteiger partial charge in [-0.25, -0.2) is 14.0 Å². The van der Waals surface area contributed by atoms with Crippen LogP contribution >= 0.6 is 15.9 Å². The molecule has 0 fully saturated rings. The number of aromatic amines is 1. The van der Waals surface area contributed by atoms with Crippen LogP contribution in [-0.4, -0.2) is 21.0 Å². The first kappa shape index (κ1) is 12.4. The van der Waals surface area contributed by atoms with E-state index in [-0.39, 0.29) is 17.0 Å². The molecule has 0 atom stereocenters. The van der Waals surface area contributed by atoms with Crippen molar-refractivity contribution in [3.05, 3.63) is 50.7 Å². The standard InChI is InChI=1S/C11H6BrFN2O3/c12-5-1-2-7(13)6(3-5)8-4-9(10(16)17)15-11(18)14-8/h1-4H,(H,16,17)(H,14,15,18). The van der Waals surface area contributed by atoms with Crippen molar-refractivity contribution >= 4 is 21.9 Å². The maximum absolute atomic E-state index is 13.6. The van der Waals surface area contributed by atoms with Gasteiger partial charge in [-0.2, -0.15) is 4.98 Å². The molecule has 2 N–H and O–H groups in total. The summed E-state index contributed by atoms with van der Waals surface area (Å²) in [5, 5.41) is 8.80. The van der Waals surface area contributed by atoms with Gasteiger partial charge in [0.1, 0.15) is 11.5 Å². The Morgan fingerprint density at radius 3 is 2.78 bits per heavy atom. The van der Waals surface area contributed by atoms with Crippen molar-refractivity contribution in [1.82, 2.24) is 9.97 Å². The minimum atomic E-state index is -1.31. The minimum absolute atomic E-state index is 0.0325. The Hall–Kier alpha value is -2.02. The van der Waals surface area contributed by atoms with Gasteiger partial charge >= 0.3 is 11.7 Å². The molecule has 0 aliphatic carbocycles. The average Bonchev–Trinajstić information content (AvgIpc) is 2.31. The van der Waals surface area contributed by atoms with Gasteiger partial charge in [-0.1, -0.05) is 15.9 Å². The quantitative estimate of drug-likeness (QED) is 0.889. The second-order valence-corrected chi connectivity index (χ2v) is 4.33. The van der Waals surface area contributed by atoms with Crippen LogP contribution in [0.1, 0.15) is 10.5 Å². The number of nitrogens with one attached hydrogen (secondary N) is 1. The predicted molar refractivity (Wildman–Crippen MR) is 64.9 cm³/mol. The summed E-state index contributed by atoms with van der Waals surface area (Å²) >= 11 is 3.16. The highest BCUT2D eigenvalue weighted by Crippen LogP contribution is 2.24. The molecule has 5 nitrogen and oxygen atoms in total. The molecule has 2 rings (SSSR count). The van der Waals surface area contributed by atoms with Crippen LogP contribution in [0.5, 0.6) is 0 Å². The molecule has 0 spiro atoms. The number of nitrogens with zero attached hydrogens (tertiary/aromatic N) is 1. The lowest BCUT2D eigenvalue weighted by Crippen LogP contribution is -2.16. The smallest absolute Gasteiger partial charge is 0.352 e. The number of halogens is 2. The van der Waals surface area contributed by atoms with E-state index < -0.39 is 17.5 Å². The Morgan fingerprint density at radius 2 is 2.11 bits per heavy atom. The molecule has 0 radical (unpaired) electrons. The molecule has 0 saturated heterocycles. The molecule has 0 amide bonds. The van der Waals surface area contributed by atoms with Gasteiger partial charge in [0.15, 0.2) is 0 Å². The molecule has 1 heterocycles. The molecule has 0 saturated carbocycles. The maximum Gasteiger partial charge on any atom is 0.352 e. The predicted octanol–water partition coefficient (Wildman–Crippen LogP) is 2.04.